The van der Waals surface area contributed by atoms with E-state index in [9.17, 15) is 4.79 Å². The summed E-state index contributed by atoms with van der Waals surface area (Å²) in [5.74, 6) is 0.847. The van der Waals surface area contributed by atoms with Crippen molar-refractivity contribution < 1.29 is 4.79 Å². The molecule has 1 saturated heterocycles. The first-order chi connectivity index (χ1) is 8.67. The summed E-state index contributed by atoms with van der Waals surface area (Å²) in [6.07, 6.45) is 0.514. The van der Waals surface area contributed by atoms with Crippen LogP contribution in [0.5, 0.6) is 0 Å². The number of alkyl halides is 1. The minimum Gasteiger partial charge on any atom is -0.288 e. The van der Waals surface area contributed by atoms with Gasteiger partial charge in [-0.25, -0.2) is 4.98 Å². The molecule has 2 heterocycles. The lowest BCUT2D eigenvalue weighted by molar-refractivity contribution is -0.117. The van der Waals surface area contributed by atoms with Gasteiger partial charge in [0.2, 0.25) is 5.91 Å². The van der Waals surface area contributed by atoms with Gasteiger partial charge in [0.25, 0.3) is 0 Å². The predicted octanol–water partition coefficient (Wildman–Crippen LogP) is 3.54. The fourth-order valence-electron chi connectivity index (χ4n) is 2.07. The van der Waals surface area contributed by atoms with E-state index in [2.05, 4.69) is 4.98 Å². The Morgan fingerprint density at radius 2 is 2.33 bits per heavy atom. The van der Waals surface area contributed by atoms with Crippen molar-refractivity contribution in [1.82, 2.24) is 4.98 Å². The number of nitrogens with zero attached hydrogens (tertiary/aromatic N) is 2. The van der Waals surface area contributed by atoms with Crippen LogP contribution in [-0.2, 0) is 4.79 Å². The lowest BCUT2D eigenvalue weighted by Crippen LogP contribution is -2.24. The highest BCUT2D eigenvalue weighted by Gasteiger charge is 2.31. The highest BCUT2D eigenvalue weighted by Crippen LogP contribution is 2.34. The number of rotatable bonds is 2. The molecule has 2 aromatic rings. The molecule has 0 saturated carbocycles. The monoisotopic (exact) mass is 300 g/mol. The number of hydrogen-bond acceptors (Lipinski definition) is 3. The standard InChI is InChI=1S/C12H10Cl2N2OS/c13-5-7-3-11(17)16(6-7)12-15-9-2-1-8(14)4-10(9)18-12/h1-2,4,7H,3,5-6H2. The van der Waals surface area contributed by atoms with Gasteiger partial charge in [0.15, 0.2) is 5.13 Å². The maximum absolute atomic E-state index is 11.9. The minimum absolute atomic E-state index is 0.103. The van der Waals surface area contributed by atoms with Gasteiger partial charge in [-0.15, -0.1) is 11.6 Å². The van der Waals surface area contributed by atoms with E-state index in [4.69, 9.17) is 23.2 Å². The van der Waals surface area contributed by atoms with Crippen LogP contribution in [0.3, 0.4) is 0 Å². The number of benzene rings is 1. The minimum atomic E-state index is 0.103. The summed E-state index contributed by atoms with van der Waals surface area (Å²) < 4.78 is 1.000. The quantitative estimate of drug-likeness (QED) is 0.795. The first-order valence-corrected chi connectivity index (χ1v) is 7.32. The largest absolute Gasteiger partial charge is 0.288 e. The molecule has 1 atom stereocenters. The first-order valence-electron chi connectivity index (χ1n) is 5.60. The molecule has 0 bridgehead atoms. The Morgan fingerprint density at radius 1 is 1.50 bits per heavy atom. The average Bonchev–Trinajstić information content (AvgIpc) is 2.91. The topological polar surface area (TPSA) is 33.2 Å². The molecule has 0 aliphatic carbocycles. The van der Waals surface area contributed by atoms with Crippen LogP contribution in [0.25, 0.3) is 10.2 Å². The van der Waals surface area contributed by atoms with Gasteiger partial charge in [0.05, 0.1) is 10.2 Å². The summed E-state index contributed by atoms with van der Waals surface area (Å²) in [7, 11) is 0. The molecule has 1 aromatic carbocycles. The molecule has 94 valence electrons. The lowest BCUT2D eigenvalue weighted by atomic mass is 10.2. The SMILES string of the molecule is O=C1CC(CCl)CN1c1nc2ccc(Cl)cc2s1. The summed E-state index contributed by atoms with van der Waals surface area (Å²) in [6.45, 7) is 0.663. The van der Waals surface area contributed by atoms with Crippen LogP contribution < -0.4 is 4.90 Å². The van der Waals surface area contributed by atoms with Crippen LogP contribution in [0.1, 0.15) is 6.42 Å². The first kappa shape index (κ1) is 12.2. The lowest BCUT2D eigenvalue weighted by Gasteiger charge is -2.11. The van der Waals surface area contributed by atoms with E-state index in [1.807, 2.05) is 12.1 Å². The summed E-state index contributed by atoms with van der Waals surface area (Å²) in [5.41, 5.74) is 0.876. The fraction of sp³-hybridized carbons (Fsp3) is 0.333. The zero-order valence-corrected chi connectivity index (χ0v) is 11.7. The molecule has 0 spiro atoms. The second kappa shape index (κ2) is 4.68. The van der Waals surface area contributed by atoms with E-state index in [0.717, 1.165) is 15.3 Å². The summed E-state index contributed by atoms with van der Waals surface area (Å²) in [4.78, 5) is 18.1. The van der Waals surface area contributed by atoms with Gasteiger partial charge in [0.1, 0.15) is 0 Å². The number of carbonyl (C=O) groups is 1. The van der Waals surface area contributed by atoms with Crippen LogP contribution in [0.2, 0.25) is 5.02 Å². The van der Waals surface area contributed by atoms with Crippen molar-refractivity contribution in [2.24, 2.45) is 5.92 Å². The van der Waals surface area contributed by atoms with Crippen molar-refractivity contribution in [2.75, 3.05) is 17.3 Å². The number of hydrogen-bond donors (Lipinski definition) is 0. The number of halogens is 2. The molecule has 0 N–H and O–H groups in total. The Labute approximate surface area is 118 Å². The Bertz CT molecular complexity index is 613. The maximum atomic E-state index is 11.9. The van der Waals surface area contributed by atoms with Gasteiger partial charge < -0.3 is 0 Å². The van der Waals surface area contributed by atoms with Crippen LogP contribution in [0.4, 0.5) is 5.13 Å². The Balaban J connectivity index is 1.97. The molecule has 1 aliphatic rings. The molecular formula is C12H10Cl2N2OS. The van der Waals surface area contributed by atoms with E-state index in [0.29, 0.717) is 23.9 Å². The zero-order valence-electron chi connectivity index (χ0n) is 9.40. The molecule has 1 unspecified atom stereocenters. The highest BCUT2D eigenvalue weighted by molar-refractivity contribution is 7.22. The molecule has 3 rings (SSSR count). The van der Waals surface area contributed by atoms with Crippen molar-refractivity contribution in [3.05, 3.63) is 23.2 Å². The van der Waals surface area contributed by atoms with Crippen molar-refractivity contribution in [3.63, 3.8) is 0 Å². The molecule has 1 fully saturated rings. The number of carbonyl (C=O) groups excluding carboxylic acids is 1. The van der Waals surface area contributed by atoms with Crippen molar-refractivity contribution in [1.29, 1.82) is 0 Å². The van der Waals surface area contributed by atoms with Crippen molar-refractivity contribution >= 4 is 55.8 Å². The molecule has 1 amide bonds. The average molecular weight is 301 g/mol. The smallest absolute Gasteiger partial charge is 0.229 e. The fourth-order valence-corrected chi connectivity index (χ4v) is 3.55. The molecule has 3 nitrogen and oxygen atoms in total. The van der Waals surface area contributed by atoms with E-state index in [1.54, 1.807) is 11.0 Å². The Kier molecular flexibility index (Phi) is 3.18. The van der Waals surface area contributed by atoms with Crippen molar-refractivity contribution in [3.8, 4) is 0 Å². The molecule has 1 aromatic heterocycles. The number of aromatic nitrogens is 1. The van der Waals surface area contributed by atoms with Crippen LogP contribution in [0.15, 0.2) is 18.2 Å². The second-order valence-corrected chi connectivity index (χ2v) is 6.09. The van der Waals surface area contributed by atoms with E-state index in [1.165, 1.54) is 11.3 Å². The van der Waals surface area contributed by atoms with Crippen LogP contribution >= 0.6 is 34.5 Å². The van der Waals surface area contributed by atoms with Gasteiger partial charge in [-0.2, -0.15) is 0 Å². The maximum Gasteiger partial charge on any atom is 0.229 e. The third-order valence-electron chi connectivity index (χ3n) is 2.99. The van der Waals surface area contributed by atoms with Gasteiger partial charge >= 0.3 is 0 Å². The molecule has 6 heteroatoms. The number of thiazole rings is 1. The Morgan fingerprint density at radius 3 is 3.06 bits per heavy atom. The summed E-state index contributed by atoms with van der Waals surface area (Å²) in [6, 6.07) is 5.55. The van der Waals surface area contributed by atoms with Crippen molar-refractivity contribution in [2.45, 2.75) is 6.42 Å². The molecule has 18 heavy (non-hydrogen) atoms. The number of anilines is 1. The third kappa shape index (κ3) is 2.09. The summed E-state index contributed by atoms with van der Waals surface area (Å²) >= 11 is 13.2. The number of amides is 1. The van der Waals surface area contributed by atoms with Crippen LogP contribution in [0, 0.1) is 5.92 Å². The third-order valence-corrected chi connectivity index (χ3v) is 4.71. The predicted molar refractivity (Wildman–Crippen MR) is 75.8 cm³/mol. The highest BCUT2D eigenvalue weighted by atomic mass is 35.5. The Hall–Kier alpha value is -0.840. The van der Waals surface area contributed by atoms with E-state index in [-0.39, 0.29) is 11.8 Å². The second-order valence-electron chi connectivity index (χ2n) is 4.34. The van der Waals surface area contributed by atoms with E-state index >= 15 is 0 Å². The number of fused-ring (bicyclic) bond motifs is 1. The normalized spacial score (nSPS) is 20.0. The van der Waals surface area contributed by atoms with Crippen LogP contribution in [-0.4, -0.2) is 23.3 Å². The summed E-state index contributed by atoms with van der Waals surface area (Å²) in [5, 5.41) is 1.42. The van der Waals surface area contributed by atoms with E-state index < -0.39 is 0 Å². The van der Waals surface area contributed by atoms with Gasteiger partial charge in [-0.1, -0.05) is 22.9 Å². The van der Waals surface area contributed by atoms with Gasteiger partial charge in [-0.05, 0) is 24.1 Å². The van der Waals surface area contributed by atoms with Gasteiger partial charge in [-0.3, -0.25) is 9.69 Å². The zero-order chi connectivity index (χ0) is 12.7. The molecule has 1 aliphatic heterocycles. The molecule has 0 radical (unpaired) electrons. The van der Waals surface area contributed by atoms with Gasteiger partial charge in [0, 0.05) is 23.9 Å². The molecular weight excluding hydrogens is 291 g/mol.